The van der Waals surface area contributed by atoms with Gasteiger partial charge in [-0.15, -0.1) is 0 Å². The van der Waals surface area contributed by atoms with Crippen LogP contribution in [-0.2, 0) is 9.59 Å². The van der Waals surface area contributed by atoms with Gasteiger partial charge in [0.15, 0.2) is 0 Å². The molecule has 0 aromatic heterocycles. The summed E-state index contributed by atoms with van der Waals surface area (Å²) in [6.07, 6.45) is 6.20. The second-order valence-corrected chi connectivity index (χ2v) is 7.96. The zero-order valence-corrected chi connectivity index (χ0v) is 13.5. The largest absolute Gasteiger partial charge is 0.481 e. The van der Waals surface area contributed by atoms with E-state index in [1.165, 1.54) is 25.7 Å². The maximum Gasteiger partial charge on any atom is 0.307 e. The fourth-order valence-electron chi connectivity index (χ4n) is 3.72. The van der Waals surface area contributed by atoms with E-state index < -0.39 is 11.9 Å². The van der Waals surface area contributed by atoms with E-state index in [2.05, 4.69) is 26.1 Å². The van der Waals surface area contributed by atoms with Crippen molar-refractivity contribution in [1.82, 2.24) is 5.32 Å². The van der Waals surface area contributed by atoms with Gasteiger partial charge >= 0.3 is 5.97 Å². The smallest absolute Gasteiger partial charge is 0.307 e. The average Bonchev–Trinajstić information content (AvgIpc) is 2.33. The predicted octanol–water partition coefficient (Wildman–Crippen LogP) is 3.07. The van der Waals surface area contributed by atoms with Gasteiger partial charge < -0.3 is 10.4 Å². The number of aliphatic carboxylic acids is 1. The molecule has 0 saturated heterocycles. The third-order valence-corrected chi connectivity index (χ3v) is 5.56. The molecule has 4 heteroatoms. The highest BCUT2D eigenvalue weighted by Gasteiger charge is 2.41. The number of carbonyl (C=O) groups excluding carboxylic acids is 1. The minimum atomic E-state index is -0.827. The van der Waals surface area contributed by atoms with Crippen LogP contribution in [0.15, 0.2) is 0 Å². The molecule has 2 N–H and O–H groups in total. The molecule has 21 heavy (non-hydrogen) atoms. The molecule has 1 amide bonds. The second kappa shape index (κ2) is 6.37. The molecular weight excluding hydrogens is 266 g/mol. The Bertz CT molecular complexity index is 391. The van der Waals surface area contributed by atoms with Crippen LogP contribution in [0.4, 0.5) is 0 Å². The lowest BCUT2D eigenvalue weighted by Crippen LogP contribution is -2.45. The summed E-state index contributed by atoms with van der Waals surface area (Å²) < 4.78 is 0. The van der Waals surface area contributed by atoms with E-state index in [9.17, 15) is 9.59 Å². The molecule has 2 fully saturated rings. The normalized spacial score (nSPS) is 33.1. The number of carboxylic acid groups (broad SMARTS) is 1. The van der Waals surface area contributed by atoms with E-state index in [0.717, 1.165) is 18.9 Å². The van der Waals surface area contributed by atoms with E-state index in [-0.39, 0.29) is 11.8 Å². The maximum atomic E-state index is 12.0. The summed E-state index contributed by atoms with van der Waals surface area (Å²) in [7, 11) is 0. The maximum absolute atomic E-state index is 12.0. The van der Waals surface area contributed by atoms with Crippen molar-refractivity contribution in [1.29, 1.82) is 0 Å². The first kappa shape index (κ1) is 16.3. The number of carbonyl (C=O) groups is 2. The summed E-state index contributed by atoms with van der Waals surface area (Å²) >= 11 is 0. The quantitative estimate of drug-likeness (QED) is 0.837. The van der Waals surface area contributed by atoms with Crippen LogP contribution < -0.4 is 5.32 Å². The number of rotatable bonds is 4. The molecule has 0 aliphatic heterocycles. The van der Waals surface area contributed by atoms with Gasteiger partial charge in [0.25, 0.3) is 0 Å². The number of hydrogen-bond donors (Lipinski definition) is 2. The van der Waals surface area contributed by atoms with Crippen molar-refractivity contribution in [3.8, 4) is 0 Å². The van der Waals surface area contributed by atoms with E-state index in [4.69, 9.17) is 5.11 Å². The first-order valence-corrected chi connectivity index (χ1v) is 8.29. The van der Waals surface area contributed by atoms with Crippen LogP contribution in [-0.4, -0.2) is 23.5 Å². The highest BCUT2D eigenvalue weighted by atomic mass is 16.4. The zero-order valence-electron chi connectivity index (χ0n) is 13.5. The molecular formula is C17H29NO3. The summed E-state index contributed by atoms with van der Waals surface area (Å²) in [5.41, 5.74) is 0.384. The molecule has 0 aromatic rings. The Labute approximate surface area is 127 Å². The topological polar surface area (TPSA) is 66.4 Å². The summed E-state index contributed by atoms with van der Waals surface area (Å²) in [6, 6.07) is 0. The Balaban J connectivity index is 1.70. The van der Waals surface area contributed by atoms with Crippen LogP contribution in [0.25, 0.3) is 0 Å². The highest BCUT2D eigenvalue weighted by Crippen LogP contribution is 2.40. The van der Waals surface area contributed by atoms with Crippen LogP contribution in [0.3, 0.4) is 0 Å². The van der Waals surface area contributed by atoms with E-state index in [1.54, 1.807) is 0 Å². The molecule has 0 spiro atoms. The predicted molar refractivity (Wildman–Crippen MR) is 81.8 cm³/mol. The first-order chi connectivity index (χ1) is 9.79. The van der Waals surface area contributed by atoms with Crippen molar-refractivity contribution in [2.45, 2.75) is 59.3 Å². The van der Waals surface area contributed by atoms with Gasteiger partial charge in [0.05, 0.1) is 11.8 Å². The lowest BCUT2D eigenvalue weighted by atomic mass is 9.69. The summed E-state index contributed by atoms with van der Waals surface area (Å²) in [5, 5.41) is 12.0. The minimum absolute atomic E-state index is 0.0494. The van der Waals surface area contributed by atoms with Gasteiger partial charge in [-0.2, -0.15) is 0 Å². The molecule has 0 bridgehead atoms. The molecule has 2 saturated carbocycles. The van der Waals surface area contributed by atoms with Crippen molar-refractivity contribution in [3.05, 3.63) is 0 Å². The Kier molecular flexibility index (Phi) is 4.95. The summed E-state index contributed by atoms with van der Waals surface area (Å²) in [5.74, 6) is -0.280. The van der Waals surface area contributed by atoms with Crippen LogP contribution >= 0.6 is 0 Å². The standard InChI is InChI=1S/C17H29NO3/c1-17(2,3)12-6-4-11(5-7-12)10-18-15(19)13-8-9-14(13)16(20)21/h11-14H,4-10H2,1-3H3,(H,18,19)(H,20,21). The molecule has 4 nitrogen and oxygen atoms in total. The number of amides is 1. The van der Waals surface area contributed by atoms with Crippen LogP contribution in [0.2, 0.25) is 0 Å². The second-order valence-electron chi connectivity index (χ2n) is 7.96. The first-order valence-electron chi connectivity index (χ1n) is 8.29. The van der Waals surface area contributed by atoms with Crippen LogP contribution in [0.1, 0.15) is 59.3 Å². The third kappa shape index (κ3) is 3.98. The van der Waals surface area contributed by atoms with Gasteiger partial charge in [-0.1, -0.05) is 20.8 Å². The Hall–Kier alpha value is -1.06. The van der Waals surface area contributed by atoms with E-state index in [0.29, 0.717) is 17.8 Å². The van der Waals surface area contributed by atoms with Crippen molar-refractivity contribution in [3.63, 3.8) is 0 Å². The Morgan fingerprint density at radius 1 is 1.00 bits per heavy atom. The van der Waals surface area contributed by atoms with Gasteiger partial charge in [0, 0.05) is 6.54 Å². The van der Waals surface area contributed by atoms with Gasteiger partial charge in [0.2, 0.25) is 5.91 Å². The monoisotopic (exact) mass is 295 g/mol. The highest BCUT2D eigenvalue weighted by molar-refractivity contribution is 5.86. The summed E-state index contributed by atoms with van der Waals surface area (Å²) in [4.78, 5) is 23.0. The minimum Gasteiger partial charge on any atom is -0.481 e. The van der Waals surface area contributed by atoms with E-state index in [1.807, 2.05) is 0 Å². The average molecular weight is 295 g/mol. The Morgan fingerprint density at radius 3 is 2.00 bits per heavy atom. The molecule has 2 rings (SSSR count). The molecule has 0 radical (unpaired) electrons. The Morgan fingerprint density at radius 2 is 1.57 bits per heavy atom. The fraction of sp³-hybridized carbons (Fsp3) is 0.882. The van der Waals surface area contributed by atoms with Crippen LogP contribution in [0.5, 0.6) is 0 Å². The van der Waals surface area contributed by atoms with Crippen molar-refractivity contribution >= 4 is 11.9 Å². The molecule has 0 aromatic carbocycles. The lowest BCUT2D eigenvalue weighted by Gasteiger charge is -2.37. The molecule has 2 atom stereocenters. The van der Waals surface area contributed by atoms with Crippen LogP contribution in [0, 0.1) is 29.1 Å². The van der Waals surface area contributed by atoms with Crippen molar-refractivity contribution in [2.24, 2.45) is 29.1 Å². The zero-order chi connectivity index (χ0) is 15.6. The lowest BCUT2D eigenvalue weighted by molar-refractivity contribution is -0.152. The number of nitrogens with one attached hydrogen (secondary N) is 1. The third-order valence-electron chi connectivity index (χ3n) is 5.56. The molecule has 2 aliphatic carbocycles. The number of hydrogen-bond acceptors (Lipinski definition) is 2. The van der Waals surface area contributed by atoms with Crippen molar-refractivity contribution < 1.29 is 14.7 Å². The molecule has 0 heterocycles. The van der Waals surface area contributed by atoms with Crippen molar-refractivity contribution in [2.75, 3.05) is 6.54 Å². The molecule has 2 unspecified atom stereocenters. The van der Waals surface area contributed by atoms with Gasteiger partial charge in [-0.25, -0.2) is 0 Å². The molecule has 2 aliphatic rings. The fourth-order valence-corrected chi connectivity index (χ4v) is 3.72. The summed E-state index contributed by atoms with van der Waals surface area (Å²) in [6.45, 7) is 7.64. The van der Waals surface area contributed by atoms with Gasteiger partial charge in [-0.3, -0.25) is 9.59 Å². The van der Waals surface area contributed by atoms with Gasteiger partial charge in [-0.05, 0) is 55.8 Å². The SMILES string of the molecule is CC(C)(C)C1CCC(CNC(=O)C2CCC2C(=O)O)CC1. The molecule has 120 valence electrons. The van der Waals surface area contributed by atoms with Gasteiger partial charge in [0.1, 0.15) is 0 Å². The van der Waals surface area contributed by atoms with E-state index >= 15 is 0 Å². The number of carboxylic acids is 1.